The average Bonchev–Trinajstić information content (AvgIpc) is 2.80. The SMILES string of the molecule is O=C1CCc2c(OCC3CNCCO3)cccc21. The first-order chi connectivity index (χ1) is 8.84. The van der Waals surface area contributed by atoms with E-state index in [1.54, 1.807) is 0 Å². The first-order valence-corrected chi connectivity index (χ1v) is 6.45. The molecule has 1 heterocycles. The molecule has 1 aliphatic heterocycles. The highest BCUT2D eigenvalue weighted by molar-refractivity contribution is 6.01. The van der Waals surface area contributed by atoms with Crippen LogP contribution in [0.2, 0.25) is 0 Å². The van der Waals surface area contributed by atoms with Gasteiger partial charge >= 0.3 is 0 Å². The van der Waals surface area contributed by atoms with E-state index >= 15 is 0 Å². The lowest BCUT2D eigenvalue weighted by Gasteiger charge is -2.24. The van der Waals surface area contributed by atoms with Gasteiger partial charge in [-0.05, 0) is 12.5 Å². The molecule has 0 spiro atoms. The molecule has 1 saturated heterocycles. The van der Waals surface area contributed by atoms with Crippen LogP contribution in [0, 0.1) is 0 Å². The minimum Gasteiger partial charge on any atom is -0.491 e. The van der Waals surface area contributed by atoms with Crippen LogP contribution in [0.5, 0.6) is 5.75 Å². The van der Waals surface area contributed by atoms with E-state index < -0.39 is 0 Å². The van der Waals surface area contributed by atoms with Crippen molar-refractivity contribution in [2.75, 3.05) is 26.3 Å². The Morgan fingerprint density at radius 2 is 2.33 bits per heavy atom. The van der Waals surface area contributed by atoms with Crippen molar-refractivity contribution in [3.63, 3.8) is 0 Å². The van der Waals surface area contributed by atoms with E-state index in [0.29, 0.717) is 13.0 Å². The molecule has 0 amide bonds. The van der Waals surface area contributed by atoms with Crippen molar-refractivity contribution in [3.05, 3.63) is 29.3 Å². The number of Topliss-reactive ketones (excluding diaryl/α,β-unsaturated/α-hetero) is 1. The quantitative estimate of drug-likeness (QED) is 0.871. The monoisotopic (exact) mass is 247 g/mol. The van der Waals surface area contributed by atoms with Gasteiger partial charge in [0.15, 0.2) is 5.78 Å². The van der Waals surface area contributed by atoms with E-state index in [9.17, 15) is 4.79 Å². The summed E-state index contributed by atoms with van der Waals surface area (Å²) in [5.74, 6) is 1.07. The number of hydrogen-bond acceptors (Lipinski definition) is 4. The largest absolute Gasteiger partial charge is 0.491 e. The lowest BCUT2D eigenvalue weighted by Crippen LogP contribution is -2.41. The third-order valence-corrected chi connectivity index (χ3v) is 3.46. The fourth-order valence-electron chi connectivity index (χ4n) is 2.50. The summed E-state index contributed by atoms with van der Waals surface area (Å²) in [4.78, 5) is 11.6. The zero-order chi connectivity index (χ0) is 12.4. The van der Waals surface area contributed by atoms with E-state index in [0.717, 1.165) is 43.0 Å². The molecule has 96 valence electrons. The fourth-order valence-corrected chi connectivity index (χ4v) is 2.50. The maximum Gasteiger partial charge on any atom is 0.163 e. The minimum absolute atomic E-state index is 0.103. The summed E-state index contributed by atoms with van der Waals surface area (Å²) in [7, 11) is 0. The molecule has 1 atom stereocenters. The molecule has 1 aromatic rings. The van der Waals surface area contributed by atoms with Gasteiger partial charge in [0.2, 0.25) is 0 Å². The number of rotatable bonds is 3. The number of carbonyl (C=O) groups excluding carboxylic acids is 1. The highest BCUT2D eigenvalue weighted by Crippen LogP contribution is 2.30. The van der Waals surface area contributed by atoms with Crippen LogP contribution >= 0.6 is 0 Å². The van der Waals surface area contributed by atoms with E-state index in [1.165, 1.54) is 0 Å². The molecule has 0 radical (unpaired) electrons. The summed E-state index contributed by atoms with van der Waals surface area (Å²) < 4.78 is 11.4. The average molecular weight is 247 g/mol. The second kappa shape index (κ2) is 5.08. The van der Waals surface area contributed by atoms with Gasteiger partial charge in [-0.25, -0.2) is 0 Å². The number of hydrogen-bond donors (Lipinski definition) is 1. The van der Waals surface area contributed by atoms with Gasteiger partial charge in [0.25, 0.3) is 0 Å². The van der Waals surface area contributed by atoms with Crippen LogP contribution in [-0.2, 0) is 11.2 Å². The molecular weight excluding hydrogens is 230 g/mol. The van der Waals surface area contributed by atoms with Crippen LogP contribution in [0.15, 0.2) is 18.2 Å². The van der Waals surface area contributed by atoms with E-state index in [-0.39, 0.29) is 11.9 Å². The van der Waals surface area contributed by atoms with E-state index in [2.05, 4.69) is 5.32 Å². The predicted molar refractivity (Wildman–Crippen MR) is 67.2 cm³/mol. The number of ether oxygens (including phenoxy) is 2. The van der Waals surface area contributed by atoms with Crippen LogP contribution in [0.1, 0.15) is 22.3 Å². The Bertz CT molecular complexity index is 452. The lowest BCUT2D eigenvalue weighted by molar-refractivity contribution is 0.0000287. The van der Waals surface area contributed by atoms with Gasteiger partial charge in [-0.15, -0.1) is 0 Å². The highest BCUT2D eigenvalue weighted by Gasteiger charge is 2.23. The molecule has 0 saturated carbocycles. The molecule has 2 aliphatic rings. The van der Waals surface area contributed by atoms with Crippen LogP contribution < -0.4 is 10.1 Å². The van der Waals surface area contributed by atoms with Gasteiger partial charge in [0.05, 0.1) is 6.61 Å². The summed E-state index contributed by atoms with van der Waals surface area (Å²) in [5.41, 5.74) is 1.89. The number of nitrogens with one attached hydrogen (secondary N) is 1. The summed E-state index contributed by atoms with van der Waals surface area (Å²) in [5, 5.41) is 3.27. The summed E-state index contributed by atoms with van der Waals surface area (Å²) in [6, 6.07) is 5.71. The number of ketones is 1. The Kier molecular flexibility index (Phi) is 3.30. The molecule has 1 fully saturated rings. The predicted octanol–water partition coefficient (Wildman–Crippen LogP) is 1.18. The zero-order valence-electron chi connectivity index (χ0n) is 10.3. The Hall–Kier alpha value is -1.39. The second-order valence-electron chi connectivity index (χ2n) is 4.71. The van der Waals surface area contributed by atoms with E-state index in [4.69, 9.17) is 9.47 Å². The van der Waals surface area contributed by atoms with Crippen LogP contribution in [-0.4, -0.2) is 38.2 Å². The number of fused-ring (bicyclic) bond motifs is 1. The molecule has 1 aliphatic carbocycles. The third-order valence-electron chi connectivity index (χ3n) is 3.46. The Morgan fingerprint density at radius 3 is 3.17 bits per heavy atom. The molecule has 0 bridgehead atoms. The molecule has 0 aromatic heterocycles. The van der Waals surface area contributed by atoms with Gasteiger partial charge in [-0.1, -0.05) is 12.1 Å². The van der Waals surface area contributed by atoms with Crippen molar-refractivity contribution >= 4 is 5.78 Å². The van der Waals surface area contributed by atoms with Crippen molar-refractivity contribution in [2.45, 2.75) is 18.9 Å². The number of carbonyl (C=O) groups is 1. The molecule has 3 rings (SSSR count). The molecule has 1 unspecified atom stereocenters. The topological polar surface area (TPSA) is 47.6 Å². The second-order valence-corrected chi connectivity index (χ2v) is 4.71. The normalized spacial score (nSPS) is 22.9. The highest BCUT2D eigenvalue weighted by atomic mass is 16.5. The van der Waals surface area contributed by atoms with E-state index in [1.807, 2.05) is 18.2 Å². The standard InChI is InChI=1S/C14H17NO3/c16-13-5-4-12-11(13)2-1-3-14(12)18-9-10-8-15-6-7-17-10/h1-3,10,15H,4-9H2. The van der Waals surface area contributed by atoms with Gasteiger partial charge < -0.3 is 14.8 Å². The Balaban J connectivity index is 1.68. The smallest absolute Gasteiger partial charge is 0.163 e. The Labute approximate surface area is 106 Å². The number of morpholine rings is 1. The summed E-state index contributed by atoms with van der Waals surface area (Å²) in [6.07, 6.45) is 1.51. The van der Waals surface area contributed by atoms with Crippen LogP contribution in [0.3, 0.4) is 0 Å². The molecular formula is C14H17NO3. The van der Waals surface area contributed by atoms with Crippen LogP contribution in [0.4, 0.5) is 0 Å². The zero-order valence-corrected chi connectivity index (χ0v) is 10.3. The number of benzene rings is 1. The van der Waals surface area contributed by atoms with Crippen molar-refractivity contribution in [2.24, 2.45) is 0 Å². The van der Waals surface area contributed by atoms with Crippen LogP contribution in [0.25, 0.3) is 0 Å². The Morgan fingerprint density at radius 1 is 1.39 bits per heavy atom. The van der Waals surface area contributed by atoms with Gasteiger partial charge in [0, 0.05) is 30.6 Å². The first kappa shape index (κ1) is 11.7. The van der Waals surface area contributed by atoms with Crippen molar-refractivity contribution in [1.29, 1.82) is 0 Å². The van der Waals surface area contributed by atoms with Crippen molar-refractivity contribution in [3.8, 4) is 5.75 Å². The molecule has 4 heteroatoms. The first-order valence-electron chi connectivity index (χ1n) is 6.45. The molecule has 1 aromatic carbocycles. The van der Waals surface area contributed by atoms with Crippen molar-refractivity contribution < 1.29 is 14.3 Å². The molecule has 18 heavy (non-hydrogen) atoms. The maximum atomic E-state index is 11.6. The van der Waals surface area contributed by atoms with Gasteiger partial charge in [-0.3, -0.25) is 4.79 Å². The minimum atomic E-state index is 0.103. The van der Waals surface area contributed by atoms with Gasteiger partial charge in [0.1, 0.15) is 18.5 Å². The summed E-state index contributed by atoms with van der Waals surface area (Å²) >= 11 is 0. The van der Waals surface area contributed by atoms with Crippen molar-refractivity contribution in [1.82, 2.24) is 5.32 Å². The molecule has 4 nitrogen and oxygen atoms in total. The third kappa shape index (κ3) is 2.26. The van der Waals surface area contributed by atoms with Gasteiger partial charge in [-0.2, -0.15) is 0 Å². The summed E-state index contributed by atoms with van der Waals surface area (Å²) in [6.45, 7) is 3.01. The maximum absolute atomic E-state index is 11.6. The molecule has 1 N–H and O–H groups in total. The lowest BCUT2D eigenvalue weighted by atomic mass is 10.1. The fraction of sp³-hybridized carbons (Fsp3) is 0.500.